The van der Waals surface area contributed by atoms with Gasteiger partial charge in [0.15, 0.2) is 5.69 Å². The maximum atomic E-state index is 12.3. The lowest BCUT2D eigenvalue weighted by molar-refractivity contribution is -0.0126. The maximum absolute atomic E-state index is 12.3. The van der Waals surface area contributed by atoms with E-state index in [2.05, 4.69) is 10.2 Å². The first kappa shape index (κ1) is 12.8. The number of carbonyl (C=O) groups is 1. The number of hydrogen-bond donors (Lipinski definition) is 0. The molecule has 1 fully saturated rings. The third-order valence-electron chi connectivity index (χ3n) is 3.23. The van der Waals surface area contributed by atoms with E-state index in [-0.39, 0.29) is 12.0 Å². The van der Waals surface area contributed by atoms with Gasteiger partial charge in [0, 0.05) is 13.1 Å². The normalized spacial score (nSPS) is 19.1. The second-order valence-electron chi connectivity index (χ2n) is 4.79. The van der Waals surface area contributed by atoms with Crippen molar-refractivity contribution in [2.45, 2.75) is 13.0 Å². The van der Waals surface area contributed by atoms with Gasteiger partial charge in [-0.15, -0.1) is 5.10 Å². The van der Waals surface area contributed by atoms with Gasteiger partial charge >= 0.3 is 0 Å². The molecule has 1 amide bonds. The van der Waals surface area contributed by atoms with Crippen molar-refractivity contribution in [3.8, 4) is 5.69 Å². The quantitative estimate of drug-likeness (QED) is 0.822. The minimum Gasteiger partial charge on any atom is -0.375 e. The zero-order chi connectivity index (χ0) is 13.9. The van der Waals surface area contributed by atoms with E-state index in [1.54, 1.807) is 4.90 Å². The molecule has 0 saturated carbocycles. The summed E-state index contributed by atoms with van der Waals surface area (Å²) in [5, 5.41) is 8.40. The first-order valence-corrected chi connectivity index (χ1v) is 6.62. The molecule has 3 rings (SSSR count). The number of amides is 1. The molecule has 104 valence electrons. The molecule has 1 aromatic carbocycles. The van der Waals surface area contributed by atoms with E-state index in [4.69, 9.17) is 4.74 Å². The highest BCUT2D eigenvalue weighted by Gasteiger charge is 2.24. The molecule has 1 aliphatic rings. The Morgan fingerprint density at radius 3 is 2.90 bits per heavy atom. The van der Waals surface area contributed by atoms with Crippen LogP contribution in [-0.2, 0) is 4.74 Å². The lowest BCUT2D eigenvalue weighted by Crippen LogP contribution is -2.44. The standard InChI is InChI=1S/C14H16N4O2/c1-11-10-17(7-8-20-11)14(19)13-9-15-18(16-13)12-5-3-2-4-6-12/h2-6,9,11H,7-8,10H2,1H3. The van der Waals surface area contributed by atoms with E-state index in [1.165, 1.54) is 11.0 Å². The highest BCUT2D eigenvalue weighted by Crippen LogP contribution is 2.10. The Labute approximate surface area is 117 Å². The summed E-state index contributed by atoms with van der Waals surface area (Å²) < 4.78 is 5.43. The summed E-state index contributed by atoms with van der Waals surface area (Å²) in [5.74, 6) is -0.0951. The van der Waals surface area contributed by atoms with Crippen LogP contribution in [-0.4, -0.2) is 51.6 Å². The molecule has 1 aliphatic heterocycles. The van der Waals surface area contributed by atoms with E-state index >= 15 is 0 Å². The average Bonchev–Trinajstić information content (AvgIpc) is 2.97. The van der Waals surface area contributed by atoms with Crippen molar-refractivity contribution in [1.29, 1.82) is 0 Å². The summed E-state index contributed by atoms with van der Waals surface area (Å²) in [4.78, 5) is 15.6. The third-order valence-corrected chi connectivity index (χ3v) is 3.23. The minimum absolute atomic E-state index is 0.0665. The fourth-order valence-electron chi connectivity index (χ4n) is 2.21. The molecule has 0 aliphatic carbocycles. The van der Waals surface area contributed by atoms with Gasteiger partial charge in [-0.2, -0.15) is 9.90 Å². The largest absolute Gasteiger partial charge is 0.375 e. The smallest absolute Gasteiger partial charge is 0.276 e. The number of aromatic nitrogens is 3. The van der Waals surface area contributed by atoms with Gasteiger partial charge in [0.25, 0.3) is 5.91 Å². The van der Waals surface area contributed by atoms with Crippen LogP contribution in [0.2, 0.25) is 0 Å². The summed E-state index contributed by atoms with van der Waals surface area (Å²) in [5.41, 5.74) is 1.20. The molecule has 1 atom stereocenters. The van der Waals surface area contributed by atoms with Crippen molar-refractivity contribution < 1.29 is 9.53 Å². The zero-order valence-corrected chi connectivity index (χ0v) is 11.3. The van der Waals surface area contributed by atoms with E-state index in [1.807, 2.05) is 37.3 Å². The van der Waals surface area contributed by atoms with Crippen LogP contribution in [0.1, 0.15) is 17.4 Å². The van der Waals surface area contributed by atoms with Crippen molar-refractivity contribution in [2.75, 3.05) is 19.7 Å². The summed E-state index contributed by atoms with van der Waals surface area (Å²) in [7, 11) is 0. The Morgan fingerprint density at radius 1 is 1.35 bits per heavy atom. The number of ether oxygens (including phenoxy) is 1. The molecule has 0 radical (unpaired) electrons. The Balaban J connectivity index is 1.78. The molecule has 6 heteroatoms. The molecule has 2 heterocycles. The third kappa shape index (κ3) is 2.55. The van der Waals surface area contributed by atoms with Gasteiger partial charge in [-0.25, -0.2) is 0 Å². The zero-order valence-electron chi connectivity index (χ0n) is 11.3. The van der Waals surface area contributed by atoms with Crippen molar-refractivity contribution >= 4 is 5.91 Å². The SMILES string of the molecule is CC1CN(C(=O)c2cnn(-c3ccccc3)n2)CCO1. The van der Waals surface area contributed by atoms with Gasteiger partial charge in [0.1, 0.15) is 0 Å². The molecular weight excluding hydrogens is 256 g/mol. The van der Waals surface area contributed by atoms with E-state index in [0.29, 0.717) is 25.4 Å². The van der Waals surface area contributed by atoms with Crippen LogP contribution in [0.25, 0.3) is 5.69 Å². The van der Waals surface area contributed by atoms with Crippen LogP contribution in [0.4, 0.5) is 0 Å². The van der Waals surface area contributed by atoms with E-state index in [0.717, 1.165) is 5.69 Å². The Hall–Kier alpha value is -2.21. The lowest BCUT2D eigenvalue weighted by atomic mass is 10.3. The first-order valence-electron chi connectivity index (χ1n) is 6.62. The number of para-hydroxylation sites is 1. The number of nitrogens with zero attached hydrogens (tertiary/aromatic N) is 4. The molecular formula is C14H16N4O2. The van der Waals surface area contributed by atoms with E-state index < -0.39 is 0 Å². The summed E-state index contributed by atoms with van der Waals surface area (Å²) in [6.07, 6.45) is 1.58. The highest BCUT2D eigenvalue weighted by molar-refractivity contribution is 5.92. The molecule has 2 aromatic rings. The van der Waals surface area contributed by atoms with Crippen LogP contribution < -0.4 is 0 Å². The molecule has 1 aromatic heterocycles. The number of hydrogen-bond acceptors (Lipinski definition) is 4. The first-order chi connectivity index (χ1) is 9.74. The van der Waals surface area contributed by atoms with Crippen molar-refractivity contribution in [3.05, 3.63) is 42.2 Å². The number of benzene rings is 1. The van der Waals surface area contributed by atoms with Gasteiger partial charge in [-0.1, -0.05) is 18.2 Å². The topological polar surface area (TPSA) is 60.2 Å². The van der Waals surface area contributed by atoms with Gasteiger partial charge < -0.3 is 9.64 Å². The maximum Gasteiger partial charge on any atom is 0.276 e. The van der Waals surface area contributed by atoms with Crippen molar-refractivity contribution in [1.82, 2.24) is 19.9 Å². The molecule has 0 N–H and O–H groups in total. The molecule has 0 spiro atoms. The molecule has 20 heavy (non-hydrogen) atoms. The number of carbonyl (C=O) groups excluding carboxylic acids is 1. The predicted molar refractivity (Wildman–Crippen MR) is 72.7 cm³/mol. The second-order valence-corrected chi connectivity index (χ2v) is 4.79. The van der Waals surface area contributed by atoms with Gasteiger partial charge in [0.05, 0.1) is 24.6 Å². The highest BCUT2D eigenvalue weighted by atomic mass is 16.5. The summed E-state index contributed by atoms with van der Waals surface area (Å²) in [6.45, 7) is 3.72. The molecule has 0 bridgehead atoms. The van der Waals surface area contributed by atoms with Crippen molar-refractivity contribution in [3.63, 3.8) is 0 Å². The monoisotopic (exact) mass is 272 g/mol. The predicted octanol–water partition coefficient (Wildman–Crippen LogP) is 1.13. The number of morpholine rings is 1. The minimum atomic E-state index is -0.0951. The van der Waals surface area contributed by atoms with Crippen LogP contribution in [0.15, 0.2) is 36.5 Å². The molecule has 1 saturated heterocycles. The average molecular weight is 272 g/mol. The van der Waals surface area contributed by atoms with Gasteiger partial charge in [-0.05, 0) is 19.1 Å². The summed E-state index contributed by atoms with van der Waals surface area (Å²) >= 11 is 0. The molecule has 6 nitrogen and oxygen atoms in total. The van der Waals surface area contributed by atoms with Crippen molar-refractivity contribution in [2.24, 2.45) is 0 Å². The van der Waals surface area contributed by atoms with Crippen LogP contribution in [0.5, 0.6) is 0 Å². The fraction of sp³-hybridized carbons (Fsp3) is 0.357. The van der Waals surface area contributed by atoms with E-state index in [9.17, 15) is 4.79 Å². The van der Waals surface area contributed by atoms with Gasteiger partial charge in [-0.3, -0.25) is 4.79 Å². The van der Waals surface area contributed by atoms with Crippen LogP contribution in [0.3, 0.4) is 0 Å². The Bertz CT molecular complexity index is 596. The summed E-state index contributed by atoms with van der Waals surface area (Å²) in [6, 6.07) is 9.53. The Kier molecular flexibility index (Phi) is 3.47. The fourth-order valence-corrected chi connectivity index (χ4v) is 2.21. The molecule has 1 unspecified atom stereocenters. The number of rotatable bonds is 2. The Morgan fingerprint density at radius 2 is 2.15 bits per heavy atom. The van der Waals surface area contributed by atoms with Crippen LogP contribution in [0, 0.1) is 0 Å². The van der Waals surface area contributed by atoms with Gasteiger partial charge in [0.2, 0.25) is 0 Å². The second kappa shape index (κ2) is 5.42. The lowest BCUT2D eigenvalue weighted by Gasteiger charge is -2.30. The van der Waals surface area contributed by atoms with Crippen LogP contribution >= 0.6 is 0 Å².